The maximum atomic E-state index is 4.58. The average molecular weight is 294 g/mol. The molecule has 0 saturated heterocycles. The van der Waals surface area contributed by atoms with Gasteiger partial charge in [0.15, 0.2) is 0 Å². The number of anilines is 1. The minimum atomic E-state index is 0.447. The summed E-state index contributed by atoms with van der Waals surface area (Å²) in [6.45, 7) is 4.34. The van der Waals surface area contributed by atoms with Gasteiger partial charge >= 0.3 is 0 Å². The number of halogens is 1. The Labute approximate surface area is 110 Å². The maximum Gasteiger partial charge on any atom is 0.225 e. The lowest BCUT2D eigenvalue weighted by Gasteiger charge is -2.23. The standard InChI is InChI=1S/C13H16BrN3/c1-4-9(2)17(3)13-15-8-10-7-11(14)5-6-12(10)16-13/h5-9H,4H2,1-3H3. The molecule has 4 heteroatoms. The summed E-state index contributed by atoms with van der Waals surface area (Å²) in [5, 5.41) is 1.06. The molecule has 2 rings (SSSR count). The summed E-state index contributed by atoms with van der Waals surface area (Å²) in [5.41, 5.74) is 0.980. The van der Waals surface area contributed by atoms with Crippen LogP contribution in [0, 0.1) is 0 Å². The molecule has 1 aromatic carbocycles. The van der Waals surface area contributed by atoms with Crippen molar-refractivity contribution in [3.63, 3.8) is 0 Å². The Morgan fingerprint density at radius 2 is 2.18 bits per heavy atom. The summed E-state index contributed by atoms with van der Waals surface area (Å²) >= 11 is 3.45. The normalized spacial score (nSPS) is 12.7. The summed E-state index contributed by atoms with van der Waals surface area (Å²) in [5.74, 6) is 0.786. The predicted octanol–water partition coefficient (Wildman–Crippen LogP) is 3.63. The highest BCUT2D eigenvalue weighted by Crippen LogP contribution is 2.20. The molecule has 1 aromatic heterocycles. The predicted molar refractivity (Wildman–Crippen MR) is 75.4 cm³/mol. The van der Waals surface area contributed by atoms with E-state index >= 15 is 0 Å². The van der Waals surface area contributed by atoms with E-state index in [1.54, 1.807) is 0 Å². The van der Waals surface area contributed by atoms with Crippen LogP contribution in [0.5, 0.6) is 0 Å². The van der Waals surface area contributed by atoms with Gasteiger partial charge in [0.1, 0.15) is 0 Å². The van der Waals surface area contributed by atoms with E-state index in [4.69, 9.17) is 0 Å². The largest absolute Gasteiger partial charge is 0.341 e. The lowest BCUT2D eigenvalue weighted by molar-refractivity contribution is 0.650. The molecule has 3 nitrogen and oxygen atoms in total. The number of fused-ring (bicyclic) bond motifs is 1. The van der Waals surface area contributed by atoms with E-state index in [1.165, 1.54) is 0 Å². The summed E-state index contributed by atoms with van der Waals surface area (Å²) < 4.78 is 1.05. The van der Waals surface area contributed by atoms with Gasteiger partial charge in [-0.05, 0) is 31.5 Å². The number of hydrogen-bond acceptors (Lipinski definition) is 3. The zero-order chi connectivity index (χ0) is 12.4. The number of aromatic nitrogens is 2. The molecule has 0 fully saturated rings. The van der Waals surface area contributed by atoms with Crippen molar-refractivity contribution < 1.29 is 0 Å². The van der Waals surface area contributed by atoms with E-state index in [1.807, 2.05) is 31.4 Å². The Bertz CT molecular complexity index is 527. The molecule has 0 N–H and O–H groups in total. The first-order chi connectivity index (χ1) is 8.11. The molecule has 90 valence electrons. The third-order valence-corrected chi connectivity index (χ3v) is 3.59. The van der Waals surface area contributed by atoms with Gasteiger partial charge < -0.3 is 4.90 Å². The van der Waals surface area contributed by atoms with E-state index in [-0.39, 0.29) is 0 Å². The molecule has 0 radical (unpaired) electrons. The lowest BCUT2D eigenvalue weighted by Crippen LogP contribution is -2.29. The topological polar surface area (TPSA) is 29.0 Å². The SMILES string of the molecule is CCC(C)N(C)c1ncc2cc(Br)ccc2n1. The minimum absolute atomic E-state index is 0.447. The fourth-order valence-corrected chi connectivity index (χ4v) is 2.01. The Kier molecular flexibility index (Phi) is 3.62. The van der Waals surface area contributed by atoms with Gasteiger partial charge in [0, 0.05) is 29.1 Å². The van der Waals surface area contributed by atoms with E-state index in [2.05, 4.69) is 44.6 Å². The fraction of sp³-hybridized carbons (Fsp3) is 0.385. The van der Waals surface area contributed by atoms with Gasteiger partial charge in [-0.3, -0.25) is 0 Å². The molecule has 0 amide bonds. The molecular weight excluding hydrogens is 278 g/mol. The monoisotopic (exact) mass is 293 g/mol. The van der Waals surface area contributed by atoms with Crippen LogP contribution in [0.25, 0.3) is 10.9 Å². The first-order valence-corrected chi connectivity index (χ1v) is 6.56. The van der Waals surface area contributed by atoms with Crippen molar-refractivity contribution in [3.05, 3.63) is 28.9 Å². The van der Waals surface area contributed by atoms with Crippen LogP contribution < -0.4 is 4.90 Å². The van der Waals surface area contributed by atoms with Gasteiger partial charge in [0.2, 0.25) is 5.95 Å². The Hall–Kier alpha value is -1.16. The van der Waals surface area contributed by atoms with Crippen LogP contribution in [0.15, 0.2) is 28.9 Å². The summed E-state index contributed by atoms with van der Waals surface area (Å²) in [6.07, 6.45) is 2.96. The average Bonchev–Trinajstić information content (AvgIpc) is 2.36. The molecular formula is C13H16BrN3. The van der Waals surface area contributed by atoms with Crippen molar-refractivity contribution in [2.24, 2.45) is 0 Å². The van der Waals surface area contributed by atoms with Gasteiger partial charge in [0.25, 0.3) is 0 Å². The molecule has 0 aliphatic rings. The van der Waals surface area contributed by atoms with Gasteiger partial charge in [-0.1, -0.05) is 22.9 Å². The Morgan fingerprint density at radius 1 is 1.41 bits per heavy atom. The highest BCUT2D eigenvalue weighted by Gasteiger charge is 2.10. The fourth-order valence-electron chi connectivity index (χ4n) is 1.64. The van der Waals surface area contributed by atoms with Crippen molar-refractivity contribution in [3.8, 4) is 0 Å². The highest BCUT2D eigenvalue weighted by atomic mass is 79.9. The van der Waals surface area contributed by atoms with Crippen molar-refractivity contribution in [1.82, 2.24) is 9.97 Å². The van der Waals surface area contributed by atoms with E-state index in [9.17, 15) is 0 Å². The van der Waals surface area contributed by atoms with Crippen LogP contribution in [0.3, 0.4) is 0 Å². The van der Waals surface area contributed by atoms with Crippen LogP contribution in [-0.2, 0) is 0 Å². The first kappa shape index (κ1) is 12.3. The van der Waals surface area contributed by atoms with Crippen molar-refractivity contribution >= 4 is 32.8 Å². The van der Waals surface area contributed by atoms with E-state index < -0.39 is 0 Å². The van der Waals surface area contributed by atoms with Crippen molar-refractivity contribution in [2.45, 2.75) is 26.3 Å². The Balaban J connectivity index is 2.41. The quantitative estimate of drug-likeness (QED) is 0.865. The second-order valence-corrected chi connectivity index (χ2v) is 5.16. The van der Waals surface area contributed by atoms with Crippen LogP contribution in [-0.4, -0.2) is 23.1 Å². The third-order valence-electron chi connectivity index (χ3n) is 3.10. The zero-order valence-corrected chi connectivity index (χ0v) is 11.9. The molecule has 0 aliphatic heterocycles. The van der Waals surface area contributed by atoms with E-state index in [0.717, 1.165) is 27.7 Å². The second kappa shape index (κ2) is 5.00. The number of rotatable bonds is 3. The molecule has 1 unspecified atom stereocenters. The first-order valence-electron chi connectivity index (χ1n) is 5.77. The summed E-state index contributed by atoms with van der Waals surface area (Å²) in [7, 11) is 2.04. The second-order valence-electron chi connectivity index (χ2n) is 4.24. The van der Waals surface area contributed by atoms with Crippen LogP contribution in [0.4, 0.5) is 5.95 Å². The van der Waals surface area contributed by atoms with E-state index in [0.29, 0.717) is 6.04 Å². The number of nitrogens with zero attached hydrogens (tertiary/aromatic N) is 3. The molecule has 0 aliphatic carbocycles. The van der Waals surface area contributed by atoms with Crippen LogP contribution in [0.1, 0.15) is 20.3 Å². The molecule has 17 heavy (non-hydrogen) atoms. The minimum Gasteiger partial charge on any atom is -0.341 e. The molecule has 1 atom stereocenters. The van der Waals surface area contributed by atoms with Gasteiger partial charge in [0.05, 0.1) is 5.52 Å². The number of hydrogen-bond donors (Lipinski definition) is 0. The maximum absolute atomic E-state index is 4.58. The molecule has 0 saturated carbocycles. The van der Waals surface area contributed by atoms with Crippen molar-refractivity contribution in [1.29, 1.82) is 0 Å². The molecule has 1 heterocycles. The molecule has 0 bridgehead atoms. The van der Waals surface area contributed by atoms with Crippen molar-refractivity contribution in [2.75, 3.05) is 11.9 Å². The molecule has 2 aromatic rings. The zero-order valence-electron chi connectivity index (χ0n) is 10.3. The Morgan fingerprint density at radius 3 is 2.88 bits per heavy atom. The summed E-state index contributed by atoms with van der Waals surface area (Å²) in [6, 6.07) is 6.49. The molecule has 0 spiro atoms. The highest BCUT2D eigenvalue weighted by molar-refractivity contribution is 9.10. The lowest BCUT2D eigenvalue weighted by atomic mass is 10.2. The van der Waals surface area contributed by atoms with Gasteiger partial charge in [-0.2, -0.15) is 0 Å². The van der Waals surface area contributed by atoms with Crippen LogP contribution >= 0.6 is 15.9 Å². The number of benzene rings is 1. The van der Waals surface area contributed by atoms with Gasteiger partial charge in [-0.25, -0.2) is 9.97 Å². The third kappa shape index (κ3) is 2.57. The smallest absolute Gasteiger partial charge is 0.225 e. The summed E-state index contributed by atoms with van der Waals surface area (Å²) in [4.78, 5) is 11.1. The van der Waals surface area contributed by atoms with Crippen LogP contribution in [0.2, 0.25) is 0 Å². The van der Waals surface area contributed by atoms with Gasteiger partial charge in [-0.15, -0.1) is 0 Å².